The third-order valence-corrected chi connectivity index (χ3v) is 4.24. The summed E-state index contributed by atoms with van der Waals surface area (Å²) in [4.78, 5) is 12.3. The average Bonchev–Trinajstić information content (AvgIpc) is 3.01. The fraction of sp³-hybridized carbons (Fsp3) is 0.167. The van der Waals surface area contributed by atoms with Crippen LogP contribution in [-0.2, 0) is 6.61 Å². The minimum absolute atomic E-state index is 0.185. The van der Waals surface area contributed by atoms with Crippen molar-refractivity contribution in [3.05, 3.63) is 70.2 Å². The van der Waals surface area contributed by atoms with Gasteiger partial charge in [0, 0.05) is 5.56 Å². The number of nitrogens with zero attached hydrogens (tertiary/aromatic N) is 2. The van der Waals surface area contributed by atoms with Gasteiger partial charge < -0.3 is 4.74 Å². The minimum atomic E-state index is -0.185. The van der Waals surface area contributed by atoms with E-state index in [1.807, 2.05) is 56.3 Å². The van der Waals surface area contributed by atoms with E-state index < -0.39 is 0 Å². The van der Waals surface area contributed by atoms with Crippen LogP contribution in [0.4, 0.5) is 5.13 Å². The molecule has 1 heterocycles. The number of nitrogens with one attached hydrogen (secondary N) is 1. The van der Waals surface area contributed by atoms with Crippen LogP contribution in [0.2, 0.25) is 0 Å². The lowest BCUT2D eigenvalue weighted by Gasteiger charge is -2.04. The molecule has 1 amide bonds. The number of aryl methyl sites for hydroxylation is 2. The molecule has 0 unspecified atom stereocenters. The molecule has 3 aromatic rings. The van der Waals surface area contributed by atoms with Gasteiger partial charge >= 0.3 is 0 Å². The van der Waals surface area contributed by atoms with Crippen LogP contribution >= 0.6 is 11.3 Å². The van der Waals surface area contributed by atoms with Crippen LogP contribution < -0.4 is 10.1 Å². The van der Waals surface area contributed by atoms with Gasteiger partial charge in [-0.1, -0.05) is 41.7 Å². The third-order valence-electron chi connectivity index (χ3n) is 3.43. The molecule has 0 aliphatic carbocycles. The molecule has 1 N–H and O–H groups in total. The summed E-state index contributed by atoms with van der Waals surface area (Å²) in [7, 11) is 0. The third kappa shape index (κ3) is 3.97. The number of carbonyl (C=O) groups is 1. The maximum atomic E-state index is 12.3. The van der Waals surface area contributed by atoms with Crippen LogP contribution in [0.25, 0.3) is 0 Å². The molecule has 0 fully saturated rings. The standard InChI is InChI=1S/C18H17N3O2S/c1-12-6-5-8-14(10-12)23-11-16-20-21-18(24-16)19-17(22)15-9-4-3-7-13(15)2/h3-10H,11H2,1-2H3,(H,19,21,22). The Kier molecular flexibility index (Phi) is 4.86. The Hall–Kier alpha value is -2.73. The summed E-state index contributed by atoms with van der Waals surface area (Å²) in [6, 6.07) is 15.2. The van der Waals surface area contributed by atoms with Gasteiger partial charge in [-0.3, -0.25) is 10.1 Å². The molecule has 122 valence electrons. The number of aromatic nitrogens is 2. The van der Waals surface area contributed by atoms with Gasteiger partial charge in [0.15, 0.2) is 5.01 Å². The molecule has 1 aromatic heterocycles. The van der Waals surface area contributed by atoms with E-state index in [0.29, 0.717) is 22.3 Å². The highest BCUT2D eigenvalue weighted by Crippen LogP contribution is 2.20. The van der Waals surface area contributed by atoms with E-state index in [9.17, 15) is 4.79 Å². The van der Waals surface area contributed by atoms with Crippen molar-refractivity contribution in [3.63, 3.8) is 0 Å². The number of hydrogen-bond acceptors (Lipinski definition) is 5. The van der Waals surface area contributed by atoms with Crippen LogP contribution in [0.15, 0.2) is 48.5 Å². The molecule has 0 atom stereocenters. The first-order chi connectivity index (χ1) is 11.6. The molecule has 3 rings (SSSR count). The van der Waals surface area contributed by atoms with E-state index in [2.05, 4.69) is 15.5 Å². The Balaban J connectivity index is 1.61. The van der Waals surface area contributed by atoms with Crippen LogP contribution in [0, 0.1) is 13.8 Å². The Morgan fingerprint density at radius 1 is 1.12 bits per heavy atom. The smallest absolute Gasteiger partial charge is 0.257 e. The average molecular weight is 339 g/mol. The quantitative estimate of drug-likeness (QED) is 0.763. The van der Waals surface area contributed by atoms with Crippen molar-refractivity contribution in [1.29, 1.82) is 0 Å². The number of benzene rings is 2. The lowest BCUT2D eigenvalue weighted by Crippen LogP contribution is -2.12. The monoisotopic (exact) mass is 339 g/mol. The van der Waals surface area contributed by atoms with Crippen LogP contribution in [0.3, 0.4) is 0 Å². The Labute approximate surface area is 144 Å². The van der Waals surface area contributed by atoms with Crippen LogP contribution in [-0.4, -0.2) is 16.1 Å². The molecule has 0 aliphatic rings. The summed E-state index contributed by atoms with van der Waals surface area (Å²) >= 11 is 1.31. The molecule has 0 saturated heterocycles. The zero-order valence-corrected chi connectivity index (χ0v) is 14.3. The predicted octanol–water partition coefficient (Wildman–Crippen LogP) is 3.99. The van der Waals surface area contributed by atoms with Crippen LogP contribution in [0.5, 0.6) is 5.75 Å². The number of rotatable bonds is 5. The molecule has 0 saturated carbocycles. The number of carbonyl (C=O) groups excluding carboxylic acids is 1. The lowest BCUT2D eigenvalue weighted by atomic mass is 10.1. The van der Waals surface area contributed by atoms with Gasteiger partial charge in [0.25, 0.3) is 5.91 Å². The van der Waals surface area contributed by atoms with Crippen molar-refractivity contribution in [3.8, 4) is 5.75 Å². The van der Waals surface area contributed by atoms with E-state index in [0.717, 1.165) is 16.9 Å². The molecule has 5 nitrogen and oxygen atoms in total. The second-order valence-electron chi connectivity index (χ2n) is 5.38. The van der Waals surface area contributed by atoms with Gasteiger partial charge in [-0.05, 0) is 43.2 Å². The van der Waals surface area contributed by atoms with Crippen LogP contribution in [0.1, 0.15) is 26.5 Å². The molecule has 0 aliphatic heterocycles. The van der Waals surface area contributed by atoms with E-state index in [1.54, 1.807) is 6.07 Å². The summed E-state index contributed by atoms with van der Waals surface area (Å²) in [6.45, 7) is 4.23. The minimum Gasteiger partial charge on any atom is -0.486 e. The normalized spacial score (nSPS) is 10.4. The van der Waals surface area contributed by atoms with Gasteiger partial charge in [0.1, 0.15) is 12.4 Å². The van der Waals surface area contributed by atoms with Crippen molar-refractivity contribution in [1.82, 2.24) is 10.2 Å². The number of ether oxygens (including phenoxy) is 1. The molecule has 0 spiro atoms. The Morgan fingerprint density at radius 2 is 1.96 bits per heavy atom. The van der Waals surface area contributed by atoms with Gasteiger partial charge in [0.2, 0.25) is 5.13 Å². The highest BCUT2D eigenvalue weighted by Gasteiger charge is 2.12. The van der Waals surface area contributed by atoms with E-state index in [4.69, 9.17) is 4.74 Å². The summed E-state index contributed by atoms with van der Waals surface area (Å²) in [5.74, 6) is 0.603. The van der Waals surface area contributed by atoms with Gasteiger partial charge in [-0.2, -0.15) is 0 Å². The topological polar surface area (TPSA) is 64.1 Å². The zero-order chi connectivity index (χ0) is 16.9. The Bertz CT molecular complexity index is 861. The van der Waals surface area contributed by atoms with Crippen molar-refractivity contribution in [2.45, 2.75) is 20.5 Å². The summed E-state index contributed by atoms with van der Waals surface area (Å²) < 4.78 is 5.69. The highest BCUT2D eigenvalue weighted by molar-refractivity contribution is 7.15. The predicted molar refractivity (Wildman–Crippen MR) is 94.6 cm³/mol. The first kappa shape index (κ1) is 16.1. The van der Waals surface area contributed by atoms with Crippen molar-refractivity contribution in [2.75, 3.05) is 5.32 Å². The summed E-state index contributed by atoms with van der Waals surface area (Å²) in [6.07, 6.45) is 0. The fourth-order valence-corrected chi connectivity index (χ4v) is 2.85. The molecule has 24 heavy (non-hydrogen) atoms. The zero-order valence-electron chi connectivity index (χ0n) is 13.4. The molecule has 0 bridgehead atoms. The van der Waals surface area contributed by atoms with Crippen molar-refractivity contribution >= 4 is 22.4 Å². The molecule has 2 aromatic carbocycles. The van der Waals surface area contributed by atoms with Gasteiger partial charge in [-0.25, -0.2) is 0 Å². The summed E-state index contributed by atoms with van der Waals surface area (Å²) in [5, 5.41) is 12.0. The van der Waals surface area contributed by atoms with Gasteiger partial charge in [0.05, 0.1) is 0 Å². The molecular formula is C18H17N3O2S. The number of hydrogen-bond donors (Lipinski definition) is 1. The molecular weight excluding hydrogens is 322 g/mol. The maximum Gasteiger partial charge on any atom is 0.257 e. The Morgan fingerprint density at radius 3 is 2.75 bits per heavy atom. The summed E-state index contributed by atoms with van der Waals surface area (Å²) in [5.41, 5.74) is 2.68. The fourth-order valence-electron chi connectivity index (χ4n) is 2.20. The van der Waals surface area contributed by atoms with Crippen molar-refractivity contribution < 1.29 is 9.53 Å². The van der Waals surface area contributed by atoms with E-state index in [1.165, 1.54) is 11.3 Å². The first-order valence-corrected chi connectivity index (χ1v) is 8.32. The van der Waals surface area contributed by atoms with Gasteiger partial charge in [-0.15, -0.1) is 10.2 Å². The maximum absolute atomic E-state index is 12.3. The first-order valence-electron chi connectivity index (χ1n) is 7.50. The largest absolute Gasteiger partial charge is 0.486 e. The van der Waals surface area contributed by atoms with Crippen molar-refractivity contribution in [2.24, 2.45) is 0 Å². The molecule has 6 heteroatoms. The van der Waals surface area contributed by atoms with E-state index in [-0.39, 0.29) is 5.91 Å². The lowest BCUT2D eigenvalue weighted by molar-refractivity contribution is 0.102. The van der Waals surface area contributed by atoms with E-state index >= 15 is 0 Å². The number of anilines is 1. The second-order valence-corrected chi connectivity index (χ2v) is 6.44. The second kappa shape index (κ2) is 7.23. The highest BCUT2D eigenvalue weighted by atomic mass is 32.1. The SMILES string of the molecule is Cc1cccc(OCc2nnc(NC(=O)c3ccccc3C)s2)c1. The number of amides is 1. The molecule has 0 radical (unpaired) electrons.